The first-order chi connectivity index (χ1) is 11.0. The molecule has 0 fully saturated rings. The largest absolute Gasteiger partial charge is 0.467 e. The summed E-state index contributed by atoms with van der Waals surface area (Å²) in [5, 5.41) is 9.31. The molecule has 0 saturated heterocycles. The summed E-state index contributed by atoms with van der Waals surface area (Å²) in [6.07, 6.45) is -0.628. The lowest BCUT2D eigenvalue weighted by atomic mass is 10.2. The number of hydroxylamine groups is 1. The second kappa shape index (κ2) is 10.0. The third kappa shape index (κ3) is 7.67. The van der Waals surface area contributed by atoms with E-state index in [2.05, 4.69) is 15.5 Å². The number of hydrogen-bond acceptors (Lipinski definition) is 6. The van der Waals surface area contributed by atoms with Crippen LogP contribution < -0.4 is 16.5 Å². The summed E-state index contributed by atoms with van der Waals surface area (Å²) in [5.41, 5.74) is 7.98. The molecule has 9 heteroatoms. The number of esters is 1. The van der Waals surface area contributed by atoms with E-state index in [1.807, 2.05) is 30.3 Å². The van der Waals surface area contributed by atoms with Gasteiger partial charge in [0.05, 0.1) is 13.7 Å². The van der Waals surface area contributed by atoms with Gasteiger partial charge in [0.15, 0.2) is 0 Å². The Morgan fingerprint density at radius 3 is 2.61 bits per heavy atom. The van der Waals surface area contributed by atoms with Crippen molar-refractivity contribution in [2.24, 2.45) is 5.73 Å². The van der Waals surface area contributed by atoms with Gasteiger partial charge in [-0.1, -0.05) is 30.3 Å². The molecular formula is C14H20N4O5. The van der Waals surface area contributed by atoms with Gasteiger partial charge in [0.25, 0.3) is 0 Å². The van der Waals surface area contributed by atoms with Crippen LogP contribution in [0.5, 0.6) is 0 Å². The molecule has 0 unspecified atom stereocenters. The van der Waals surface area contributed by atoms with Gasteiger partial charge in [0.1, 0.15) is 12.6 Å². The second-order valence-corrected chi connectivity index (χ2v) is 4.43. The minimum Gasteiger partial charge on any atom is -0.467 e. The molecule has 5 N–H and O–H groups in total. The molecule has 1 aromatic carbocycles. The Balaban J connectivity index is 2.40. The maximum atomic E-state index is 11.7. The SMILES string of the molecule is COC(=O)[C@H](CCONC(=N)N)NC(=O)OCc1ccccc1. The Labute approximate surface area is 133 Å². The second-order valence-electron chi connectivity index (χ2n) is 4.43. The van der Waals surface area contributed by atoms with Gasteiger partial charge in [0.2, 0.25) is 5.96 Å². The first-order valence-electron chi connectivity index (χ1n) is 6.79. The van der Waals surface area contributed by atoms with Gasteiger partial charge in [-0.05, 0) is 5.56 Å². The van der Waals surface area contributed by atoms with Gasteiger partial charge in [-0.25, -0.2) is 15.1 Å². The molecule has 1 atom stereocenters. The monoisotopic (exact) mass is 324 g/mol. The molecule has 0 heterocycles. The van der Waals surface area contributed by atoms with Crippen LogP contribution in [-0.4, -0.2) is 37.8 Å². The predicted octanol–water partition coefficient (Wildman–Crippen LogP) is 0.259. The number of amides is 1. The molecule has 0 radical (unpaired) electrons. The molecule has 9 nitrogen and oxygen atoms in total. The number of carbonyl (C=O) groups excluding carboxylic acids is 2. The Hall–Kier alpha value is -2.81. The fraction of sp³-hybridized carbons (Fsp3) is 0.357. The van der Waals surface area contributed by atoms with Gasteiger partial charge in [-0.3, -0.25) is 10.2 Å². The van der Waals surface area contributed by atoms with Crippen molar-refractivity contribution in [2.75, 3.05) is 13.7 Å². The smallest absolute Gasteiger partial charge is 0.408 e. The summed E-state index contributed by atoms with van der Waals surface area (Å²) >= 11 is 0. The lowest BCUT2D eigenvalue weighted by molar-refractivity contribution is -0.143. The fourth-order valence-electron chi connectivity index (χ4n) is 1.60. The zero-order chi connectivity index (χ0) is 17.1. The number of carbonyl (C=O) groups is 2. The number of alkyl carbamates (subject to hydrolysis) is 1. The van der Waals surface area contributed by atoms with E-state index in [-0.39, 0.29) is 25.6 Å². The van der Waals surface area contributed by atoms with Crippen molar-refractivity contribution < 1.29 is 23.9 Å². The predicted molar refractivity (Wildman–Crippen MR) is 81.2 cm³/mol. The number of methoxy groups -OCH3 is 1. The van der Waals surface area contributed by atoms with Crippen LogP contribution in [0.1, 0.15) is 12.0 Å². The molecule has 0 aliphatic heterocycles. The van der Waals surface area contributed by atoms with E-state index in [0.29, 0.717) is 0 Å². The standard InChI is InChI=1S/C14H20N4O5/c1-21-12(19)11(7-8-23-18-13(15)16)17-14(20)22-9-10-5-3-2-4-6-10/h2-6,11H,7-9H2,1H3,(H,17,20)(H4,15,16,18)/t11-/m0/s1. The Morgan fingerprint density at radius 2 is 2.00 bits per heavy atom. The van der Waals surface area contributed by atoms with Crippen LogP contribution in [0.3, 0.4) is 0 Å². The number of hydrogen-bond donors (Lipinski definition) is 4. The highest BCUT2D eigenvalue weighted by atomic mass is 16.6. The average Bonchev–Trinajstić information content (AvgIpc) is 2.55. The summed E-state index contributed by atoms with van der Waals surface area (Å²) in [4.78, 5) is 28.2. The molecule has 0 aromatic heterocycles. The Kier molecular flexibility index (Phi) is 7.94. The highest BCUT2D eigenvalue weighted by molar-refractivity contribution is 5.81. The third-order valence-electron chi connectivity index (χ3n) is 2.68. The number of nitrogens with two attached hydrogens (primary N) is 1. The molecule has 0 aliphatic carbocycles. The first kappa shape index (κ1) is 18.2. The molecule has 0 spiro atoms. The van der Waals surface area contributed by atoms with E-state index < -0.39 is 18.1 Å². The highest BCUT2D eigenvalue weighted by Crippen LogP contribution is 2.02. The van der Waals surface area contributed by atoms with Crippen molar-refractivity contribution in [2.45, 2.75) is 19.1 Å². The molecule has 23 heavy (non-hydrogen) atoms. The fourth-order valence-corrected chi connectivity index (χ4v) is 1.60. The van der Waals surface area contributed by atoms with Gasteiger partial charge in [0, 0.05) is 6.42 Å². The summed E-state index contributed by atoms with van der Waals surface area (Å²) in [6.45, 7) is 0.112. The topological polar surface area (TPSA) is 136 Å². The number of guanidine groups is 1. The van der Waals surface area contributed by atoms with Crippen LogP contribution in [-0.2, 0) is 25.7 Å². The quantitative estimate of drug-likeness (QED) is 0.177. The van der Waals surface area contributed by atoms with Crippen molar-refractivity contribution >= 4 is 18.0 Å². The van der Waals surface area contributed by atoms with Crippen molar-refractivity contribution in [3.63, 3.8) is 0 Å². The van der Waals surface area contributed by atoms with E-state index in [0.717, 1.165) is 5.56 Å². The van der Waals surface area contributed by atoms with Crippen LogP contribution in [0.15, 0.2) is 30.3 Å². The highest BCUT2D eigenvalue weighted by Gasteiger charge is 2.22. The first-order valence-corrected chi connectivity index (χ1v) is 6.79. The normalized spacial score (nSPS) is 11.2. The molecule has 0 saturated carbocycles. The van der Waals surface area contributed by atoms with Gasteiger partial charge in [-0.2, -0.15) is 0 Å². The van der Waals surface area contributed by atoms with E-state index in [1.54, 1.807) is 0 Å². The Bertz CT molecular complexity index is 523. The molecule has 1 rings (SSSR count). The molecule has 0 aliphatic rings. The molecular weight excluding hydrogens is 304 g/mol. The van der Waals surface area contributed by atoms with Crippen molar-refractivity contribution in [3.8, 4) is 0 Å². The van der Waals surface area contributed by atoms with E-state index in [4.69, 9.17) is 20.7 Å². The van der Waals surface area contributed by atoms with E-state index >= 15 is 0 Å². The molecule has 126 valence electrons. The van der Waals surface area contributed by atoms with Gasteiger partial charge in [-0.15, -0.1) is 0 Å². The van der Waals surface area contributed by atoms with Crippen molar-refractivity contribution in [3.05, 3.63) is 35.9 Å². The average molecular weight is 324 g/mol. The zero-order valence-electron chi connectivity index (χ0n) is 12.7. The van der Waals surface area contributed by atoms with Crippen LogP contribution in [0.4, 0.5) is 4.79 Å². The maximum absolute atomic E-state index is 11.7. The molecule has 0 bridgehead atoms. The number of benzene rings is 1. The number of nitrogens with one attached hydrogen (secondary N) is 3. The van der Waals surface area contributed by atoms with Crippen LogP contribution in [0.2, 0.25) is 0 Å². The summed E-state index contributed by atoms with van der Waals surface area (Å²) < 4.78 is 9.63. The lowest BCUT2D eigenvalue weighted by Gasteiger charge is -2.16. The summed E-state index contributed by atoms with van der Waals surface area (Å²) in [6, 6.07) is 8.20. The summed E-state index contributed by atoms with van der Waals surface area (Å²) in [5.74, 6) is -0.997. The van der Waals surface area contributed by atoms with Crippen LogP contribution in [0.25, 0.3) is 0 Å². The third-order valence-corrected chi connectivity index (χ3v) is 2.68. The van der Waals surface area contributed by atoms with Crippen LogP contribution in [0, 0.1) is 5.41 Å². The number of ether oxygens (including phenoxy) is 2. The van der Waals surface area contributed by atoms with Crippen LogP contribution >= 0.6 is 0 Å². The zero-order valence-corrected chi connectivity index (χ0v) is 12.7. The Morgan fingerprint density at radius 1 is 1.30 bits per heavy atom. The van der Waals surface area contributed by atoms with Crippen molar-refractivity contribution in [1.29, 1.82) is 5.41 Å². The maximum Gasteiger partial charge on any atom is 0.408 e. The molecule has 1 aromatic rings. The lowest BCUT2D eigenvalue weighted by Crippen LogP contribution is -2.43. The number of rotatable bonds is 8. The van der Waals surface area contributed by atoms with Crippen molar-refractivity contribution in [1.82, 2.24) is 10.8 Å². The van der Waals surface area contributed by atoms with Gasteiger partial charge < -0.3 is 20.5 Å². The van der Waals surface area contributed by atoms with E-state index in [1.165, 1.54) is 7.11 Å². The van der Waals surface area contributed by atoms with E-state index in [9.17, 15) is 9.59 Å². The van der Waals surface area contributed by atoms with Gasteiger partial charge >= 0.3 is 12.1 Å². The minimum absolute atomic E-state index is 0.0261. The summed E-state index contributed by atoms with van der Waals surface area (Å²) in [7, 11) is 1.21. The molecule has 1 amide bonds. The minimum atomic E-state index is -0.933.